The van der Waals surface area contributed by atoms with Gasteiger partial charge in [-0.05, 0) is 13.0 Å². The van der Waals surface area contributed by atoms with Gasteiger partial charge in [0.15, 0.2) is 0 Å². The van der Waals surface area contributed by atoms with Crippen LogP contribution in [0.3, 0.4) is 0 Å². The number of esters is 1. The Morgan fingerprint density at radius 1 is 1.39 bits per heavy atom. The molecule has 0 saturated carbocycles. The van der Waals surface area contributed by atoms with E-state index in [2.05, 4.69) is 10.1 Å². The van der Waals surface area contributed by atoms with E-state index in [1.54, 1.807) is 17.8 Å². The van der Waals surface area contributed by atoms with Crippen molar-refractivity contribution in [1.29, 1.82) is 0 Å². The van der Waals surface area contributed by atoms with Crippen molar-refractivity contribution in [2.24, 2.45) is 0 Å². The summed E-state index contributed by atoms with van der Waals surface area (Å²) in [6.07, 6.45) is 3.16. The van der Waals surface area contributed by atoms with Crippen molar-refractivity contribution in [1.82, 2.24) is 14.8 Å². The molecule has 0 saturated heterocycles. The lowest BCUT2D eigenvalue weighted by atomic mass is 10.2. The number of rotatable bonds is 5. The second kappa shape index (κ2) is 6.93. The Labute approximate surface area is 142 Å². The molecule has 1 aromatic carbocycles. The fourth-order valence-electron chi connectivity index (χ4n) is 2.08. The van der Waals surface area contributed by atoms with Crippen molar-refractivity contribution in [3.8, 4) is 11.3 Å². The Bertz CT molecular complexity index is 828. The van der Waals surface area contributed by atoms with Gasteiger partial charge in [0, 0.05) is 22.2 Å². The maximum atomic E-state index is 11.6. The highest BCUT2D eigenvalue weighted by Gasteiger charge is 2.11. The van der Waals surface area contributed by atoms with Crippen LogP contribution in [0.25, 0.3) is 11.3 Å². The molecule has 0 spiro atoms. The molecule has 0 bridgehead atoms. The molecule has 0 aliphatic rings. The van der Waals surface area contributed by atoms with Gasteiger partial charge >= 0.3 is 5.97 Å². The van der Waals surface area contributed by atoms with E-state index in [9.17, 15) is 4.79 Å². The van der Waals surface area contributed by atoms with Crippen LogP contribution >= 0.6 is 22.9 Å². The number of hydrogen-bond donors (Lipinski definition) is 0. The van der Waals surface area contributed by atoms with Crippen LogP contribution in [-0.2, 0) is 11.3 Å². The van der Waals surface area contributed by atoms with Gasteiger partial charge in [-0.25, -0.2) is 9.78 Å². The molecule has 5 nitrogen and oxygen atoms in total. The molecule has 3 aromatic rings. The van der Waals surface area contributed by atoms with E-state index in [1.807, 2.05) is 29.6 Å². The molecule has 7 heteroatoms. The predicted molar refractivity (Wildman–Crippen MR) is 89.8 cm³/mol. The van der Waals surface area contributed by atoms with Crippen LogP contribution < -0.4 is 0 Å². The molecule has 0 unspecified atom stereocenters. The number of carbonyl (C=O) groups is 1. The van der Waals surface area contributed by atoms with E-state index in [1.165, 1.54) is 17.5 Å². The molecule has 0 amide bonds. The fourth-order valence-corrected chi connectivity index (χ4v) is 3.10. The molecule has 2 aromatic heterocycles. The lowest BCUT2D eigenvalue weighted by Crippen LogP contribution is -2.04. The average Bonchev–Trinajstić information content (AvgIpc) is 3.18. The molecule has 3 rings (SSSR count). The highest BCUT2D eigenvalue weighted by atomic mass is 35.5. The molecule has 0 atom stereocenters. The second-order valence-electron chi connectivity index (χ2n) is 4.75. The van der Waals surface area contributed by atoms with Crippen molar-refractivity contribution < 1.29 is 9.53 Å². The SMILES string of the molecule is CCOC(=O)c1cnn(Cc2nc(-c3ccccc3Cl)cs2)c1. The highest BCUT2D eigenvalue weighted by Crippen LogP contribution is 2.28. The molecule has 0 fully saturated rings. The van der Waals surface area contributed by atoms with E-state index in [-0.39, 0.29) is 5.97 Å². The van der Waals surface area contributed by atoms with E-state index in [4.69, 9.17) is 16.3 Å². The Balaban J connectivity index is 1.75. The summed E-state index contributed by atoms with van der Waals surface area (Å²) in [5, 5.41) is 7.70. The number of carbonyl (C=O) groups excluding carboxylic acids is 1. The number of thiazole rings is 1. The molecule has 118 valence electrons. The summed E-state index contributed by atoms with van der Waals surface area (Å²) in [5.74, 6) is -0.366. The van der Waals surface area contributed by atoms with E-state index >= 15 is 0 Å². The Morgan fingerprint density at radius 3 is 3.00 bits per heavy atom. The molecule has 0 aliphatic heterocycles. The number of nitrogens with zero attached hydrogens (tertiary/aromatic N) is 3. The van der Waals surface area contributed by atoms with Crippen molar-refractivity contribution >= 4 is 28.9 Å². The zero-order valence-corrected chi connectivity index (χ0v) is 14.0. The van der Waals surface area contributed by atoms with Crippen LogP contribution in [0.5, 0.6) is 0 Å². The number of aromatic nitrogens is 3. The number of benzene rings is 1. The van der Waals surface area contributed by atoms with Crippen molar-refractivity contribution in [3.05, 3.63) is 57.6 Å². The summed E-state index contributed by atoms with van der Waals surface area (Å²) in [4.78, 5) is 16.2. The monoisotopic (exact) mass is 347 g/mol. The molecular weight excluding hydrogens is 334 g/mol. The van der Waals surface area contributed by atoms with Crippen LogP contribution in [0, 0.1) is 0 Å². The third-order valence-corrected chi connectivity index (χ3v) is 4.31. The van der Waals surface area contributed by atoms with Crippen molar-refractivity contribution in [2.75, 3.05) is 6.61 Å². The lowest BCUT2D eigenvalue weighted by Gasteiger charge is -2.00. The first kappa shape index (κ1) is 15.7. The van der Waals surface area contributed by atoms with Gasteiger partial charge in [0.05, 0.1) is 30.6 Å². The molecule has 23 heavy (non-hydrogen) atoms. The summed E-state index contributed by atoms with van der Waals surface area (Å²) < 4.78 is 6.61. The van der Waals surface area contributed by atoms with E-state index < -0.39 is 0 Å². The van der Waals surface area contributed by atoms with Gasteiger partial charge in [-0.2, -0.15) is 5.10 Å². The number of ether oxygens (including phenoxy) is 1. The van der Waals surface area contributed by atoms with Crippen LogP contribution in [0.1, 0.15) is 22.3 Å². The highest BCUT2D eigenvalue weighted by molar-refractivity contribution is 7.09. The van der Waals surface area contributed by atoms with Crippen molar-refractivity contribution in [2.45, 2.75) is 13.5 Å². The van der Waals surface area contributed by atoms with Gasteiger partial charge in [0.1, 0.15) is 5.01 Å². The third-order valence-electron chi connectivity index (χ3n) is 3.14. The maximum Gasteiger partial charge on any atom is 0.341 e. The van der Waals surface area contributed by atoms with Crippen molar-refractivity contribution in [3.63, 3.8) is 0 Å². The third kappa shape index (κ3) is 3.60. The minimum atomic E-state index is -0.366. The maximum absolute atomic E-state index is 11.6. The molecule has 0 aliphatic carbocycles. The lowest BCUT2D eigenvalue weighted by molar-refractivity contribution is 0.0526. The van der Waals surface area contributed by atoms with Gasteiger partial charge in [-0.15, -0.1) is 11.3 Å². The van der Waals surface area contributed by atoms with E-state index in [0.717, 1.165) is 16.3 Å². The van der Waals surface area contributed by atoms with Crippen LogP contribution in [-0.4, -0.2) is 27.3 Å². The largest absolute Gasteiger partial charge is 0.462 e. The van der Waals surface area contributed by atoms with Crippen LogP contribution in [0.2, 0.25) is 5.02 Å². The normalized spacial score (nSPS) is 10.7. The number of hydrogen-bond acceptors (Lipinski definition) is 5. The average molecular weight is 348 g/mol. The van der Waals surface area contributed by atoms with Gasteiger partial charge in [0.2, 0.25) is 0 Å². The summed E-state index contributed by atoms with van der Waals surface area (Å²) in [5.41, 5.74) is 2.19. The van der Waals surface area contributed by atoms with Gasteiger partial charge in [-0.1, -0.05) is 29.8 Å². The first-order valence-electron chi connectivity index (χ1n) is 7.06. The number of halogens is 1. The van der Waals surface area contributed by atoms with Gasteiger partial charge < -0.3 is 4.74 Å². The minimum Gasteiger partial charge on any atom is -0.462 e. The van der Waals surface area contributed by atoms with Crippen LogP contribution in [0.15, 0.2) is 42.0 Å². The van der Waals surface area contributed by atoms with Gasteiger partial charge in [0.25, 0.3) is 0 Å². The summed E-state index contributed by atoms with van der Waals surface area (Å²) >= 11 is 7.72. The smallest absolute Gasteiger partial charge is 0.341 e. The quantitative estimate of drug-likeness (QED) is 0.657. The molecular formula is C16H14ClN3O2S. The first-order valence-corrected chi connectivity index (χ1v) is 8.32. The zero-order valence-electron chi connectivity index (χ0n) is 12.4. The predicted octanol–water partition coefficient (Wildman–Crippen LogP) is 3.89. The molecule has 0 radical (unpaired) electrons. The van der Waals surface area contributed by atoms with Crippen LogP contribution in [0.4, 0.5) is 0 Å². The Hall–Kier alpha value is -2.18. The standard InChI is InChI=1S/C16H14ClN3O2S/c1-2-22-16(21)11-7-18-20(8-11)9-15-19-14(10-23-15)12-5-3-4-6-13(12)17/h3-8,10H,2,9H2,1H3. The van der Waals surface area contributed by atoms with Gasteiger partial charge in [-0.3, -0.25) is 4.68 Å². The second-order valence-corrected chi connectivity index (χ2v) is 6.10. The fraction of sp³-hybridized carbons (Fsp3) is 0.188. The Morgan fingerprint density at radius 2 is 2.22 bits per heavy atom. The zero-order chi connectivity index (χ0) is 16.2. The first-order chi connectivity index (χ1) is 11.2. The molecule has 0 N–H and O–H groups in total. The molecule has 2 heterocycles. The van der Waals surface area contributed by atoms with E-state index in [0.29, 0.717) is 23.7 Å². The topological polar surface area (TPSA) is 57.0 Å². The Kier molecular flexibility index (Phi) is 4.73. The summed E-state index contributed by atoms with van der Waals surface area (Å²) in [6.45, 7) is 2.61. The minimum absolute atomic E-state index is 0.345. The summed E-state index contributed by atoms with van der Waals surface area (Å²) in [6, 6.07) is 7.60. The summed E-state index contributed by atoms with van der Waals surface area (Å²) in [7, 11) is 0.